The third-order valence-electron chi connectivity index (χ3n) is 5.59. The average molecular weight is 390 g/mol. The van der Waals surface area contributed by atoms with E-state index in [1.807, 2.05) is 41.3 Å². The molecule has 0 saturated carbocycles. The zero-order valence-corrected chi connectivity index (χ0v) is 16.9. The Hall–Kier alpha value is -3.15. The number of imidazole rings is 1. The zero-order valence-electron chi connectivity index (χ0n) is 16.9. The van der Waals surface area contributed by atoms with Gasteiger partial charge in [-0.3, -0.25) is 14.0 Å². The van der Waals surface area contributed by atoms with Gasteiger partial charge in [0.2, 0.25) is 5.82 Å². The van der Waals surface area contributed by atoms with Gasteiger partial charge < -0.3 is 10.2 Å². The number of aromatic nitrogens is 2. The normalized spacial score (nSPS) is 13.8. The second kappa shape index (κ2) is 8.07. The molecule has 2 aromatic heterocycles. The van der Waals surface area contributed by atoms with Gasteiger partial charge in [-0.2, -0.15) is 0 Å². The molecule has 1 aliphatic rings. The average Bonchev–Trinajstić information content (AvgIpc) is 3.42. The molecule has 0 spiro atoms. The molecule has 4 rings (SSSR count). The number of anilines is 1. The van der Waals surface area contributed by atoms with Gasteiger partial charge in [0.15, 0.2) is 5.69 Å². The minimum Gasteiger partial charge on any atom is -0.336 e. The lowest BCUT2D eigenvalue weighted by molar-refractivity contribution is 0.0780. The number of carbonyl (C=O) groups excluding carboxylic acids is 2. The maximum atomic E-state index is 13.2. The van der Waals surface area contributed by atoms with Crippen molar-refractivity contribution < 1.29 is 9.59 Å². The number of likely N-dealkylation sites (tertiary alicyclic amines) is 1. The molecule has 0 aliphatic carbocycles. The summed E-state index contributed by atoms with van der Waals surface area (Å²) >= 11 is 0. The molecule has 29 heavy (non-hydrogen) atoms. The maximum absolute atomic E-state index is 13.2. The molecule has 1 saturated heterocycles. The van der Waals surface area contributed by atoms with E-state index in [-0.39, 0.29) is 17.5 Å². The van der Waals surface area contributed by atoms with Gasteiger partial charge in [-0.25, -0.2) is 4.98 Å². The number of benzene rings is 1. The first-order valence-electron chi connectivity index (χ1n) is 10.3. The highest BCUT2D eigenvalue weighted by Gasteiger charge is 2.27. The second-order valence-corrected chi connectivity index (χ2v) is 7.35. The molecule has 3 heterocycles. The molecular formula is C23H26N4O2. The van der Waals surface area contributed by atoms with Crippen molar-refractivity contribution in [1.82, 2.24) is 14.3 Å². The van der Waals surface area contributed by atoms with Crippen molar-refractivity contribution in [2.75, 3.05) is 18.4 Å². The van der Waals surface area contributed by atoms with Crippen LogP contribution in [0, 0.1) is 0 Å². The number of hydrogen-bond donors (Lipinski definition) is 1. The van der Waals surface area contributed by atoms with Crippen LogP contribution in [0.15, 0.2) is 42.6 Å². The monoisotopic (exact) mass is 390 g/mol. The van der Waals surface area contributed by atoms with Crippen LogP contribution in [0.3, 0.4) is 0 Å². The van der Waals surface area contributed by atoms with Crippen molar-refractivity contribution in [3.8, 4) is 0 Å². The first-order chi connectivity index (χ1) is 14.1. The molecule has 0 radical (unpaired) electrons. The fourth-order valence-corrected chi connectivity index (χ4v) is 3.99. The van der Waals surface area contributed by atoms with Crippen molar-refractivity contribution in [3.63, 3.8) is 0 Å². The zero-order chi connectivity index (χ0) is 20.4. The highest BCUT2D eigenvalue weighted by atomic mass is 16.2. The summed E-state index contributed by atoms with van der Waals surface area (Å²) in [6, 6.07) is 11.6. The van der Waals surface area contributed by atoms with Crippen molar-refractivity contribution in [2.24, 2.45) is 0 Å². The fraction of sp³-hybridized carbons (Fsp3) is 0.348. The third kappa shape index (κ3) is 3.50. The molecule has 2 amide bonds. The highest BCUT2D eigenvalue weighted by Crippen LogP contribution is 2.24. The Bertz CT molecular complexity index is 1040. The molecule has 1 aromatic carbocycles. The number of nitrogens with zero attached hydrogens (tertiary/aromatic N) is 3. The van der Waals surface area contributed by atoms with Gasteiger partial charge in [0.1, 0.15) is 0 Å². The number of aryl methyl sites for hydroxylation is 2. The maximum Gasteiger partial charge on any atom is 0.290 e. The molecule has 0 unspecified atom stereocenters. The van der Waals surface area contributed by atoms with Gasteiger partial charge in [0.25, 0.3) is 11.8 Å². The standard InChI is InChI=1S/C23H26N4O2/c1-3-16-10-9-11-17(4-2)19(16)25-22(28)20-18-12-5-6-15-27(18)21(24-20)23(29)26-13-7-8-14-26/h5-6,9-12,15H,3-4,7-8,13-14H2,1-2H3,(H,25,28). The highest BCUT2D eigenvalue weighted by molar-refractivity contribution is 6.09. The van der Waals surface area contributed by atoms with Crippen LogP contribution in [0.4, 0.5) is 5.69 Å². The van der Waals surface area contributed by atoms with Crippen LogP contribution < -0.4 is 5.32 Å². The minimum absolute atomic E-state index is 0.119. The Morgan fingerprint density at radius 2 is 1.69 bits per heavy atom. The molecule has 1 fully saturated rings. The van der Waals surface area contributed by atoms with Crippen LogP contribution in [-0.2, 0) is 12.8 Å². The molecule has 1 N–H and O–H groups in total. The Morgan fingerprint density at radius 1 is 1.00 bits per heavy atom. The van der Waals surface area contributed by atoms with Gasteiger partial charge in [0, 0.05) is 25.0 Å². The largest absolute Gasteiger partial charge is 0.336 e. The summed E-state index contributed by atoms with van der Waals surface area (Å²) in [6.07, 6.45) is 5.46. The second-order valence-electron chi connectivity index (χ2n) is 7.35. The van der Waals surface area contributed by atoms with E-state index < -0.39 is 0 Å². The number of hydrogen-bond acceptors (Lipinski definition) is 3. The summed E-state index contributed by atoms with van der Waals surface area (Å²) in [7, 11) is 0. The summed E-state index contributed by atoms with van der Waals surface area (Å²) in [5.41, 5.74) is 3.96. The molecule has 0 atom stereocenters. The summed E-state index contributed by atoms with van der Waals surface area (Å²) in [5, 5.41) is 3.07. The predicted octanol–water partition coefficient (Wildman–Crippen LogP) is 3.95. The Morgan fingerprint density at radius 3 is 2.34 bits per heavy atom. The number of carbonyl (C=O) groups is 2. The number of fused-ring (bicyclic) bond motifs is 1. The van der Waals surface area contributed by atoms with E-state index in [2.05, 4.69) is 24.1 Å². The summed E-state index contributed by atoms with van der Waals surface area (Å²) in [5.74, 6) is -0.108. The van der Waals surface area contributed by atoms with Gasteiger partial charge in [0.05, 0.1) is 5.52 Å². The first kappa shape index (κ1) is 19.2. The molecule has 0 bridgehead atoms. The third-order valence-corrected chi connectivity index (χ3v) is 5.59. The van der Waals surface area contributed by atoms with E-state index in [4.69, 9.17) is 0 Å². The van der Waals surface area contributed by atoms with Gasteiger partial charge in [-0.15, -0.1) is 0 Å². The van der Waals surface area contributed by atoms with Crippen molar-refractivity contribution in [2.45, 2.75) is 39.5 Å². The van der Waals surface area contributed by atoms with Crippen molar-refractivity contribution >= 4 is 23.0 Å². The van der Waals surface area contributed by atoms with Crippen LogP contribution in [0.5, 0.6) is 0 Å². The van der Waals surface area contributed by atoms with E-state index >= 15 is 0 Å². The summed E-state index contributed by atoms with van der Waals surface area (Å²) in [6.45, 7) is 5.63. The molecular weight excluding hydrogens is 364 g/mol. The van der Waals surface area contributed by atoms with E-state index in [9.17, 15) is 9.59 Å². The Kier molecular flexibility index (Phi) is 5.34. The minimum atomic E-state index is -0.287. The quantitative estimate of drug-likeness (QED) is 0.717. The van der Waals surface area contributed by atoms with Crippen LogP contribution in [0.1, 0.15) is 58.9 Å². The summed E-state index contributed by atoms with van der Waals surface area (Å²) in [4.78, 5) is 32.5. The van der Waals surface area contributed by atoms with Crippen LogP contribution in [0.2, 0.25) is 0 Å². The van der Waals surface area contributed by atoms with Crippen LogP contribution >= 0.6 is 0 Å². The lowest BCUT2D eigenvalue weighted by atomic mass is 10.0. The van der Waals surface area contributed by atoms with E-state index in [1.165, 1.54) is 0 Å². The van der Waals surface area contributed by atoms with E-state index in [0.717, 1.165) is 55.6 Å². The Balaban J connectivity index is 1.73. The number of pyridine rings is 1. The summed E-state index contributed by atoms with van der Waals surface area (Å²) < 4.78 is 1.72. The lowest BCUT2D eigenvalue weighted by Crippen LogP contribution is -2.29. The van der Waals surface area contributed by atoms with E-state index in [0.29, 0.717) is 11.3 Å². The molecule has 6 heteroatoms. The van der Waals surface area contributed by atoms with E-state index in [1.54, 1.807) is 10.6 Å². The molecule has 3 aromatic rings. The van der Waals surface area contributed by atoms with Crippen molar-refractivity contribution in [1.29, 1.82) is 0 Å². The smallest absolute Gasteiger partial charge is 0.290 e. The fourth-order valence-electron chi connectivity index (χ4n) is 3.99. The number of amides is 2. The molecule has 1 aliphatic heterocycles. The lowest BCUT2D eigenvalue weighted by Gasteiger charge is -2.14. The van der Waals surface area contributed by atoms with Crippen LogP contribution in [0.25, 0.3) is 5.52 Å². The van der Waals surface area contributed by atoms with Gasteiger partial charge >= 0.3 is 0 Å². The van der Waals surface area contributed by atoms with Crippen LogP contribution in [-0.4, -0.2) is 39.2 Å². The predicted molar refractivity (Wildman–Crippen MR) is 113 cm³/mol. The molecule has 6 nitrogen and oxygen atoms in total. The van der Waals surface area contributed by atoms with Crippen molar-refractivity contribution in [3.05, 3.63) is 65.2 Å². The Labute approximate surface area is 170 Å². The number of rotatable bonds is 5. The molecule has 150 valence electrons. The number of para-hydroxylation sites is 1. The number of nitrogens with one attached hydrogen (secondary N) is 1. The topological polar surface area (TPSA) is 66.7 Å². The van der Waals surface area contributed by atoms with Gasteiger partial charge in [-0.1, -0.05) is 38.1 Å². The SMILES string of the molecule is CCc1cccc(CC)c1NC(=O)c1nc(C(=O)N2CCCC2)n2ccccc12. The first-order valence-corrected chi connectivity index (χ1v) is 10.3. The van der Waals surface area contributed by atoms with Gasteiger partial charge in [-0.05, 0) is 48.9 Å².